The molecule has 4 aliphatic rings. The lowest BCUT2D eigenvalue weighted by atomic mass is 9.78. The van der Waals surface area contributed by atoms with Gasteiger partial charge in [-0.3, -0.25) is 24.0 Å². The summed E-state index contributed by atoms with van der Waals surface area (Å²) in [5.74, 6) is 4.89. The lowest BCUT2D eigenvalue weighted by molar-refractivity contribution is -0.192. The van der Waals surface area contributed by atoms with E-state index in [-0.39, 0.29) is 77.4 Å². The van der Waals surface area contributed by atoms with Gasteiger partial charge in [0.2, 0.25) is 5.78 Å². The van der Waals surface area contributed by atoms with E-state index in [2.05, 4.69) is 25.7 Å². The van der Waals surface area contributed by atoms with Crippen LogP contribution in [0.5, 0.6) is 0 Å². The van der Waals surface area contributed by atoms with Gasteiger partial charge in [0.15, 0.2) is 0 Å². The van der Waals surface area contributed by atoms with Crippen LogP contribution in [0.15, 0.2) is 0 Å². The third kappa shape index (κ3) is 31.9. The second kappa shape index (κ2) is 48.8. The van der Waals surface area contributed by atoms with Crippen LogP contribution in [-0.2, 0) is 66.1 Å². The standard InChI is InChI=1S/C12H18O2.C11H20O3.C11H16O2.C10H18O2.C5H9N2O4P.CO2.4CH4/c1-3-7-11(12(13)14-2)10-8-5-4-6-9-10;1-13-8-10(11(12)14-2)9-6-4-3-5-7-9;1-2-6-10(11(12)13)9-7-4-3-5-8-9;1-8(10(11)12-2)9-6-4-3-5-7-9;1-4(8)5(7-6)12(9,10-2)11-3;2-1-3;;;;/h1,10-11H,4-9H2,2H3;9-10H,3-8H2,1-2H3;1,9-10H,3-8H2,(H,12,13);8-9H,3-7H2,1-2H3;1-3H3;;4*1H4/t11-;2*10-;8-;;;;;;/m0000....../s1. The molecule has 0 unspecified atom stereocenters. The monoisotopic (exact) mass is 1040 g/mol. The average Bonchev–Trinajstić information content (AvgIpc) is 3.37. The zero-order valence-corrected chi connectivity index (χ0v) is 42.9. The molecule has 0 spiro atoms. The fourth-order valence-electron chi connectivity index (χ4n) is 9.22. The smallest absolute Gasteiger partial charge is 0.446 e. The third-order valence-electron chi connectivity index (χ3n) is 13.1. The largest absolute Gasteiger partial charge is 0.481 e. The Labute approximate surface area is 435 Å². The number of nitrogens with zero attached hydrogens (tertiary/aromatic N) is 2. The number of Topliss-reactive ketones (excluding diaryl/α,β-unsaturated/α-hetero) is 1. The van der Waals surface area contributed by atoms with Gasteiger partial charge in [0.1, 0.15) is 0 Å². The molecule has 0 aromatic carbocycles. The summed E-state index contributed by atoms with van der Waals surface area (Å²) < 4.78 is 39.6. The van der Waals surface area contributed by atoms with Crippen molar-refractivity contribution in [2.75, 3.05) is 49.3 Å². The van der Waals surface area contributed by atoms with Gasteiger partial charge in [-0.2, -0.15) is 14.4 Å². The molecule has 4 atom stereocenters. The molecule has 4 rings (SSSR count). The SMILES string of the molecule is C.C.C.C.C#CC[C@H](C(=O)O)C1CCCCC1.C#CC[C@H](C(=O)OC)C1CCCCC1.COC(=O)[C@@H](C)C1CCCCC1.COC[C@H](C(=O)OC)C1CCCCC1.COP(=O)(OC)C(=[N+]=[N-])C(C)=O.O=C=O. The maximum atomic E-state index is 11.5. The number of aliphatic carboxylic acids is 1. The molecule has 0 aromatic rings. The summed E-state index contributed by atoms with van der Waals surface area (Å²) in [7, 11) is 4.50. The van der Waals surface area contributed by atoms with Crippen molar-refractivity contribution in [3.05, 3.63) is 5.53 Å². The predicted octanol–water partition coefficient (Wildman–Crippen LogP) is 11.7. The maximum absolute atomic E-state index is 11.5. The number of hydrogen-bond acceptors (Lipinski definition) is 14. The van der Waals surface area contributed by atoms with Crippen LogP contribution in [0.25, 0.3) is 5.53 Å². The minimum absolute atomic E-state index is 0. The van der Waals surface area contributed by atoms with Gasteiger partial charge in [-0.05, 0) is 75.0 Å². The predicted molar refractivity (Wildman–Crippen MR) is 281 cm³/mol. The normalized spacial score (nSPS) is 17.0. The number of esters is 3. The van der Waals surface area contributed by atoms with Gasteiger partial charge in [-0.25, -0.2) is 4.57 Å². The summed E-state index contributed by atoms with van der Waals surface area (Å²) in [4.78, 5) is 74.6. The Hall–Kier alpha value is -4.46. The van der Waals surface area contributed by atoms with Gasteiger partial charge in [-0.1, -0.05) is 114 Å². The number of methoxy groups -OCH3 is 4. The summed E-state index contributed by atoms with van der Waals surface area (Å²) in [5.41, 5.74) is 7.73. The van der Waals surface area contributed by atoms with E-state index in [0.29, 0.717) is 43.1 Å². The second-order valence-corrected chi connectivity index (χ2v) is 19.5. The molecular formula is C54H97N2O15P. The minimum Gasteiger partial charge on any atom is -0.481 e. The molecule has 0 aliphatic heterocycles. The van der Waals surface area contributed by atoms with E-state index in [9.17, 15) is 28.5 Å². The zero-order valence-electron chi connectivity index (χ0n) is 42.0. The van der Waals surface area contributed by atoms with Crippen LogP contribution >= 0.6 is 7.60 Å². The first-order chi connectivity index (χ1) is 32.5. The Morgan fingerprint density at radius 1 is 0.583 bits per heavy atom. The summed E-state index contributed by atoms with van der Waals surface area (Å²) in [6.07, 6.45) is 35.6. The lowest BCUT2D eigenvalue weighted by Gasteiger charge is -2.27. The Kier molecular flexibility index (Phi) is 53.5. The number of terminal acetylenes is 2. The van der Waals surface area contributed by atoms with E-state index in [1.54, 1.807) is 7.11 Å². The van der Waals surface area contributed by atoms with E-state index in [0.717, 1.165) is 59.7 Å². The molecule has 4 saturated carbocycles. The molecule has 0 bridgehead atoms. The van der Waals surface area contributed by atoms with Gasteiger partial charge < -0.3 is 38.6 Å². The Bertz CT molecular complexity index is 1660. The molecule has 17 nitrogen and oxygen atoms in total. The summed E-state index contributed by atoms with van der Waals surface area (Å²) in [6, 6.07) is 0. The minimum atomic E-state index is -3.70. The molecule has 0 saturated heterocycles. The van der Waals surface area contributed by atoms with Crippen LogP contribution in [-0.4, -0.2) is 100 Å². The lowest BCUT2D eigenvalue weighted by Crippen LogP contribution is -2.30. The number of carboxylic acid groups (broad SMARTS) is 1. The number of hydrogen-bond donors (Lipinski definition) is 1. The van der Waals surface area contributed by atoms with Crippen molar-refractivity contribution >= 4 is 48.9 Å². The quantitative estimate of drug-likeness (QED) is 0.0287. The summed E-state index contributed by atoms with van der Waals surface area (Å²) >= 11 is 0. The number of carbonyl (C=O) groups is 5. The molecule has 4 fully saturated rings. The molecule has 18 heteroatoms. The Balaban J connectivity index is -0.000000184. The summed E-state index contributed by atoms with van der Waals surface area (Å²) in [5, 5.41) is 8.96. The molecule has 1 N–H and O–H groups in total. The first-order valence-corrected chi connectivity index (χ1v) is 25.3. The number of carbonyl (C=O) groups excluding carboxylic acids is 6. The number of ether oxygens (including phenoxy) is 4. The number of ketones is 1. The highest BCUT2D eigenvalue weighted by Crippen LogP contribution is 2.47. The van der Waals surface area contributed by atoms with Crippen LogP contribution in [0, 0.1) is 72.0 Å². The average molecular weight is 1050 g/mol. The van der Waals surface area contributed by atoms with Crippen molar-refractivity contribution in [1.82, 2.24) is 0 Å². The van der Waals surface area contributed by atoms with E-state index < -0.39 is 24.8 Å². The number of carboxylic acids is 1. The molecule has 0 amide bonds. The van der Waals surface area contributed by atoms with Crippen molar-refractivity contribution in [3.8, 4) is 24.7 Å². The van der Waals surface area contributed by atoms with Gasteiger partial charge in [-0.15, -0.1) is 24.7 Å². The molecule has 0 aromatic heterocycles. The van der Waals surface area contributed by atoms with Crippen LogP contribution < -0.4 is 0 Å². The van der Waals surface area contributed by atoms with Gasteiger partial charge in [0.25, 0.3) is 0 Å². The van der Waals surface area contributed by atoms with Crippen molar-refractivity contribution < 1.29 is 76.0 Å². The van der Waals surface area contributed by atoms with Crippen molar-refractivity contribution in [2.24, 2.45) is 47.3 Å². The molecule has 418 valence electrons. The molecule has 0 heterocycles. The van der Waals surface area contributed by atoms with E-state index in [4.69, 9.17) is 52.0 Å². The van der Waals surface area contributed by atoms with Crippen LogP contribution in [0.4, 0.5) is 0 Å². The maximum Gasteiger partial charge on any atom is 0.446 e. The topological polar surface area (TPSA) is 249 Å². The molecular weight excluding hydrogens is 948 g/mol. The zero-order chi connectivity index (χ0) is 51.9. The van der Waals surface area contributed by atoms with E-state index in [1.165, 1.54) is 111 Å². The fourth-order valence-corrected chi connectivity index (χ4v) is 10.2. The van der Waals surface area contributed by atoms with Gasteiger partial charge >= 0.3 is 43.1 Å². The highest BCUT2D eigenvalue weighted by atomic mass is 31.2. The Morgan fingerprint density at radius 3 is 1.15 bits per heavy atom. The van der Waals surface area contributed by atoms with Crippen LogP contribution in [0.3, 0.4) is 0 Å². The highest BCUT2D eigenvalue weighted by molar-refractivity contribution is 7.74. The van der Waals surface area contributed by atoms with E-state index >= 15 is 0 Å². The first-order valence-electron chi connectivity index (χ1n) is 23.8. The van der Waals surface area contributed by atoms with Crippen LogP contribution in [0.2, 0.25) is 0 Å². The van der Waals surface area contributed by atoms with Gasteiger partial charge in [0.05, 0.1) is 51.6 Å². The van der Waals surface area contributed by atoms with Gasteiger partial charge in [0, 0.05) is 41.1 Å². The molecule has 72 heavy (non-hydrogen) atoms. The van der Waals surface area contributed by atoms with Crippen molar-refractivity contribution in [2.45, 2.75) is 185 Å². The number of rotatable bonds is 16. The first kappa shape index (κ1) is 79.0. The Morgan fingerprint density at radius 2 is 0.889 bits per heavy atom. The van der Waals surface area contributed by atoms with E-state index in [1.807, 2.05) is 6.92 Å². The highest BCUT2D eigenvalue weighted by Gasteiger charge is 2.42. The fraction of sp³-hybridized carbons (Fsp3) is 0.796. The van der Waals surface area contributed by atoms with Crippen LogP contribution in [0.1, 0.15) is 185 Å². The van der Waals surface area contributed by atoms with Crippen molar-refractivity contribution in [1.29, 1.82) is 0 Å². The molecule has 4 aliphatic carbocycles. The third-order valence-corrected chi connectivity index (χ3v) is 15.0. The van der Waals surface area contributed by atoms with Crippen molar-refractivity contribution in [3.63, 3.8) is 0 Å². The summed E-state index contributed by atoms with van der Waals surface area (Å²) in [6.45, 7) is 3.58. The second-order valence-electron chi connectivity index (χ2n) is 17.3. The molecule has 0 radical (unpaired) electrons.